The number of hydrogen-bond donors (Lipinski definition) is 2. The molecule has 2 aromatic rings. The maximum atomic E-state index is 12.4. The molecular formula is C17H18N2O2. The second-order valence-electron chi connectivity index (χ2n) is 4.80. The van der Waals surface area contributed by atoms with Crippen LogP contribution in [0, 0.1) is 0 Å². The third kappa shape index (κ3) is 3.69. The van der Waals surface area contributed by atoms with Gasteiger partial charge in [0, 0.05) is 11.3 Å². The zero-order valence-electron chi connectivity index (χ0n) is 11.9. The van der Waals surface area contributed by atoms with E-state index in [0.717, 1.165) is 12.0 Å². The van der Waals surface area contributed by atoms with Crippen LogP contribution in [0.15, 0.2) is 54.6 Å². The third-order valence-electron chi connectivity index (χ3n) is 3.36. The number of rotatable bonds is 5. The number of carbonyl (C=O) groups is 2. The van der Waals surface area contributed by atoms with Gasteiger partial charge in [0.05, 0.1) is 5.92 Å². The molecule has 2 rings (SSSR count). The number of amides is 2. The third-order valence-corrected chi connectivity index (χ3v) is 3.36. The highest BCUT2D eigenvalue weighted by Gasteiger charge is 2.18. The number of primary amides is 1. The van der Waals surface area contributed by atoms with Crippen LogP contribution in [0.2, 0.25) is 0 Å². The number of hydrogen-bond acceptors (Lipinski definition) is 2. The standard InChI is InChI=1S/C17H18N2O2/c1-2-15(12-6-4-3-5-7-12)17(21)19-14-10-8-13(9-11-14)16(18)20/h3-11,15H,2H2,1H3,(H2,18,20)(H,19,21)/t15-/m0/s1. The minimum atomic E-state index is -0.483. The summed E-state index contributed by atoms with van der Waals surface area (Å²) in [4.78, 5) is 23.4. The molecule has 108 valence electrons. The average molecular weight is 282 g/mol. The van der Waals surface area contributed by atoms with Crippen molar-refractivity contribution in [1.29, 1.82) is 0 Å². The van der Waals surface area contributed by atoms with Crippen molar-refractivity contribution in [3.8, 4) is 0 Å². The molecule has 0 radical (unpaired) electrons. The minimum Gasteiger partial charge on any atom is -0.366 e. The van der Waals surface area contributed by atoms with Crippen molar-refractivity contribution in [2.45, 2.75) is 19.3 Å². The maximum absolute atomic E-state index is 12.4. The summed E-state index contributed by atoms with van der Waals surface area (Å²) < 4.78 is 0. The zero-order valence-corrected chi connectivity index (χ0v) is 11.9. The molecule has 2 amide bonds. The van der Waals surface area contributed by atoms with E-state index in [1.165, 1.54) is 0 Å². The van der Waals surface area contributed by atoms with Crippen LogP contribution in [0.4, 0.5) is 5.69 Å². The number of anilines is 1. The summed E-state index contributed by atoms with van der Waals surface area (Å²) in [5.41, 5.74) is 7.25. The van der Waals surface area contributed by atoms with E-state index >= 15 is 0 Å². The van der Waals surface area contributed by atoms with Crippen molar-refractivity contribution in [2.24, 2.45) is 5.73 Å². The van der Waals surface area contributed by atoms with Gasteiger partial charge in [-0.05, 0) is 36.2 Å². The van der Waals surface area contributed by atoms with Crippen molar-refractivity contribution in [2.75, 3.05) is 5.32 Å². The number of nitrogens with one attached hydrogen (secondary N) is 1. The van der Waals surface area contributed by atoms with E-state index in [1.807, 2.05) is 37.3 Å². The van der Waals surface area contributed by atoms with Crippen LogP contribution in [0.5, 0.6) is 0 Å². The molecule has 0 unspecified atom stereocenters. The second kappa shape index (κ2) is 6.70. The molecule has 0 saturated carbocycles. The highest BCUT2D eigenvalue weighted by molar-refractivity contribution is 5.97. The Morgan fingerprint density at radius 1 is 1.05 bits per heavy atom. The van der Waals surface area contributed by atoms with E-state index in [-0.39, 0.29) is 11.8 Å². The zero-order chi connectivity index (χ0) is 15.2. The van der Waals surface area contributed by atoms with Crippen molar-refractivity contribution >= 4 is 17.5 Å². The van der Waals surface area contributed by atoms with Gasteiger partial charge in [-0.1, -0.05) is 37.3 Å². The largest absolute Gasteiger partial charge is 0.366 e. The van der Waals surface area contributed by atoms with E-state index in [1.54, 1.807) is 24.3 Å². The van der Waals surface area contributed by atoms with Crippen molar-refractivity contribution in [1.82, 2.24) is 0 Å². The van der Waals surface area contributed by atoms with Gasteiger partial charge >= 0.3 is 0 Å². The molecule has 0 spiro atoms. The van der Waals surface area contributed by atoms with Gasteiger partial charge in [-0.2, -0.15) is 0 Å². The van der Waals surface area contributed by atoms with Gasteiger partial charge in [0.15, 0.2) is 0 Å². The van der Waals surface area contributed by atoms with Crippen molar-refractivity contribution in [3.05, 3.63) is 65.7 Å². The first-order valence-electron chi connectivity index (χ1n) is 6.87. The molecule has 0 saturated heterocycles. The molecule has 0 fully saturated rings. The quantitative estimate of drug-likeness (QED) is 0.885. The van der Waals surface area contributed by atoms with Gasteiger partial charge in [-0.25, -0.2) is 0 Å². The van der Waals surface area contributed by atoms with Gasteiger partial charge in [0.2, 0.25) is 11.8 Å². The van der Waals surface area contributed by atoms with E-state index in [2.05, 4.69) is 5.32 Å². The first-order chi connectivity index (χ1) is 10.1. The molecule has 0 aliphatic carbocycles. The lowest BCUT2D eigenvalue weighted by atomic mass is 9.95. The van der Waals surface area contributed by atoms with Crippen LogP contribution in [-0.2, 0) is 4.79 Å². The lowest BCUT2D eigenvalue weighted by Gasteiger charge is -2.15. The van der Waals surface area contributed by atoms with Crippen LogP contribution in [-0.4, -0.2) is 11.8 Å². The minimum absolute atomic E-state index is 0.0597. The van der Waals surface area contributed by atoms with Crippen molar-refractivity contribution < 1.29 is 9.59 Å². The average Bonchev–Trinajstić information content (AvgIpc) is 2.49. The molecule has 2 aromatic carbocycles. The molecule has 1 atom stereocenters. The summed E-state index contributed by atoms with van der Waals surface area (Å²) >= 11 is 0. The molecule has 0 aliphatic rings. The van der Waals surface area contributed by atoms with Gasteiger partial charge in [-0.3, -0.25) is 9.59 Å². The van der Waals surface area contributed by atoms with Gasteiger partial charge in [-0.15, -0.1) is 0 Å². The summed E-state index contributed by atoms with van der Waals surface area (Å²) in [6.07, 6.45) is 0.717. The van der Waals surface area contributed by atoms with Crippen molar-refractivity contribution in [3.63, 3.8) is 0 Å². The summed E-state index contributed by atoms with van der Waals surface area (Å²) in [5, 5.41) is 2.87. The lowest BCUT2D eigenvalue weighted by Crippen LogP contribution is -2.20. The Labute approximate surface area is 124 Å². The topological polar surface area (TPSA) is 72.2 Å². The molecule has 4 heteroatoms. The molecule has 0 aliphatic heterocycles. The maximum Gasteiger partial charge on any atom is 0.248 e. The molecule has 3 N–H and O–H groups in total. The van der Waals surface area contributed by atoms with E-state index in [9.17, 15) is 9.59 Å². The summed E-state index contributed by atoms with van der Waals surface area (Å²) in [7, 11) is 0. The van der Waals surface area contributed by atoms with E-state index in [0.29, 0.717) is 11.3 Å². The Bertz CT molecular complexity index is 621. The fourth-order valence-electron chi connectivity index (χ4n) is 2.21. The van der Waals surface area contributed by atoms with Gasteiger partial charge < -0.3 is 11.1 Å². The number of carbonyl (C=O) groups excluding carboxylic acids is 2. The normalized spacial score (nSPS) is 11.7. The van der Waals surface area contributed by atoms with Crippen LogP contribution in [0.25, 0.3) is 0 Å². The van der Waals surface area contributed by atoms with Crippen LogP contribution in [0.3, 0.4) is 0 Å². The molecule has 0 heterocycles. The first kappa shape index (κ1) is 14.8. The van der Waals surface area contributed by atoms with Crippen LogP contribution in [0.1, 0.15) is 35.2 Å². The monoisotopic (exact) mass is 282 g/mol. The predicted octanol–water partition coefficient (Wildman–Crippen LogP) is 2.92. The second-order valence-corrected chi connectivity index (χ2v) is 4.80. The lowest BCUT2D eigenvalue weighted by molar-refractivity contribution is -0.117. The Morgan fingerprint density at radius 3 is 2.19 bits per heavy atom. The Hall–Kier alpha value is -2.62. The fraction of sp³-hybridized carbons (Fsp3) is 0.176. The molecular weight excluding hydrogens is 264 g/mol. The molecule has 0 bridgehead atoms. The molecule has 4 nitrogen and oxygen atoms in total. The van der Waals surface area contributed by atoms with Crippen LogP contribution >= 0.6 is 0 Å². The molecule has 0 aromatic heterocycles. The summed E-state index contributed by atoms with van der Waals surface area (Å²) in [6.45, 7) is 1.98. The van der Waals surface area contributed by atoms with Crippen LogP contribution < -0.4 is 11.1 Å². The Balaban J connectivity index is 2.11. The summed E-state index contributed by atoms with van der Waals surface area (Å²) in [5.74, 6) is -0.735. The first-order valence-corrected chi connectivity index (χ1v) is 6.87. The number of benzene rings is 2. The SMILES string of the molecule is CC[C@H](C(=O)Nc1ccc(C(N)=O)cc1)c1ccccc1. The van der Waals surface area contributed by atoms with Gasteiger partial charge in [0.25, 0.3) is 0 Å². The smallest absolute Gasteiger partial charge is 0.248 e. The molecule has 21 heavy (non-hydrogen) atoms. The van der Waals surface area contributed by atoms with E-state index < -0.39 is 5.91 Å². The Kier molecular flexibility index (Phi) is 4.72. The highest BCUT2D eigenvalue weighted by Crippen LogP contribution is 2.21. The van der Waals surface area contributed by atoms with E-state index in [4.69, 9.17) is 5.73 Å². The van der Waals surface area contributed by atoms with Gasteiger partial charge in [0.1, 0.15) is 0 Å². The number of nitrogens with two attached hydrogens (primary N) is 1. The fourth-order valence-corrected chi connectivity index (χ4v) is 2.21. The summed E-state index contributed by atoms with van der Waals surface area (Å²) in [6, 6.07) is 16.2. The Morgan fingerprint density at radius 2 is 1.67 bits per heavy atom. The predicted molar refractivity (Wildman–Crippen MR) is 83.1 cm³/mol. The highest BCUT2D eigenvalue weighted by atomic mass is 16.2.